The topological polar surface area (TPSA) is 0 Å². The summed E-state index contributed by atoms with van der Waals surface area (Å²) in [6.07, 6.45) is -0.622. The molecule has 126 valence electrons. The first-order chi connectivity index (χ1) is 11.2. The number of aryl methyl sites for hydroxylation is 1. The summed E-state index contributed by atoms with van der Waals surface area (Å²) in [7, 11) is 4.09. The van der Waals surface area contributed by atoms with Gasteiger partial charge in [-0.2, -0.15) is 13.2 Å². The number of hydrogen-bond acceptors (Lipinski definition) is 0. The van der Waals surface area contributed by atoms with Gasteiger partial charge in [0, 0.05) is 23.1 Å². The van der Waals surface area contributed by atoms with Gasteiger partial charge in [-0.15, -0.1) is 0 Å². The summed E-state index contributed by atoms with van der Waals surface area (Å²) in [5.41, 5.74) is 4.64. The number of benzene rings is 2. The van der Waals surface area contributed by atoms with Crippen LogP contribution in [0.2, 0.25) is 0 Å². The van der Waals surface area contributed by atoms with Gasteiger partial charge in [-0.05, 0) is 30.7 Å². The van der Waals surface area contributed by atoms with Crippen molar-refractivity contribution in [2.45, 2.75) is 25.9 Å². The molecule has 0 atom stereocenters. The van der Waals surface area contributed by atoms with E-state index in [1.807, 2.05) is 14.1 Å². The fourth-order valence-corrected chi connectivity index (χ4v) is 3.66. The molecule has 0 N–H and O–H groups in total. The summed E-state index contributed by atoms with van der Waals surface area (Å²) in [6.45, 7) is 2.11. The lowest BCUT2D eigenvalue weighted by atomic mass is 9.93. The minimum atomic E-state index is -4.32. The molecule has 2 aromatic carbocycles. The number of quaternary nitrogens is 1. The first kappa shape index (κ1) is 16.8. The molecular weight excluding hydrogens is 311 g/mol. The van der Waals surface area contributed by atoms with Gasteiger partial charge in [-0.25, -0.2) is 0 Å². The zero-order valence-corrected chi connectivity index (χ0v) is 14.1. The third-order valence-corrected chi connectivity index (χ3v) is 4.75. The van der Waals surface area contributed by atoms with Crippen LogP contribution in [0, 0.1) is 0 Å². The Bertz CT molecular complexity index is 801. The largest absolute Gasteiger partial charge is 0.416 e. The van der Waals surface area contributed by atoms with Gasteiger partial charge in [-0.1, -0.05) is 31.2 Å². The minimum Gasteiger partial charge on any atom is -0.263 e. The van der Waals surface area contributed by atoms with E-state index >= 15 is 0 Å². The zero-order chi connectivity index (χ0) is 17.5. The van der Waals surface area contributed by atoms with Gasteiger partial charge < -0.3 is 0 Å². The molecule has 0 aromatic heterocycles. The molecule has 0 saturated heterocycles. The Kier molecular flexibility index (Phi) is 4.04. The van der Waals surface area contributed by atoms with Gasteiger partial charge in [0.25, 0.3) is 0 Å². The van der Waals surface area contributed by atoms with Gasteiger partial charge in [0.1, 0.15) is 11.4 Å². The number of nitrogens with zero attached hydrogens (tertiary/aromatic N) is 1. The maximum Gasteiger partial charge on any atom is 0.416 e. The lowest BCUT2D eigenvalue weighted by molar-refractivity contribution is -0.137. The van der Waals surface area contributed by atoms with Crippen molar-refractivity contribution in [3.63, 3.8) is 0 Å². The van der Waals surface area contributed by atoms with E-state index in [0.717, 1.165) is 24.6 Å². The molecule has 2 aromatic rings. The van der Waals surface area contributed by atoms with Crippen LogP contribution < -0.4 is 4.48 Å². The fraction of sp³-hybridized carbons (Fsp3) is 0.300. The number of halogens is 3. The van der Waals surface area contributed by atoms with Gasteiger partial charge in [0.15, 0.2) is 0 Å². The summed E-state index contributed by atoms with van der Waals surface area (Å²) in [5, 5.41) is 0. The Morgan fingerprint density at radius 2 is 1.75 bits per heavy atom. The molecule has 0 bridgehead atoms. The highest BCUT2D eigenvalue weighted by Gasteiger charge is 2.36. The average Bonchev–Trinajstić information content (AvgIpc) is 2.53. The molecular formula is C20H21F3N+. The van der Waals surface area contributed by atoms with Crippen LogP contribution in [-0.4, -0.2) is 14.1 Å². The van der Waals surface area contributed by atoms with Crippen LogP contribution in [0.3, 0.4) is 0 Å². The molecule has 0 amide bonds. The van der Waals surface area contributed by atoms with Gasteiger partial charge in [-0.3, -0.25) is 4.48 Å². The Balaban J connectivity index is 2.13. The number of para-hydroxylation sites is 1. The van der Waals surface area contributed by atoms with Crippen molar-refractivity contribution in [2.75, 3.05) is 14.1 Å². The Morgan fingerprint density at radius 3 is 2.42 bits per heavy atom. The first-order valence-corrected chi connectivity index (χ1v) is 8.09. The van der Waals surface area contributed by atoms with Gasteiger partial charge >= 0.3 is 6.18 Å². The summed E-state index contributed by atoms with van der Waals surface area (Å²) in [4.78, 5) is 0. The molecule has 0 radical (unpaired) electrons. The second-order valence-electron chi connectivity index (χ2n) is 6.60. The van der Waals surface area contributed by atoms with Crippen molar-refractivity contribution in [2.24, 2.45) is 0 Å². The summed E-state index contributed by atoms with van der Waals surface area (Å²) >= 11 is 0. The van der Waals surface area contributed by atoms with Gasteiger partial charge in [0.2, 0.25) is 0 Å². The van der Waals surface area contributed by atoms with Crippen molar-refractivity contribution in [1.82, 2.24) is 4.48 Å². The van der Waals surface area contributed by atoms with Gasteiger partial charge in [0.05, 0.1) is 19.7 Å². The van der Waals surface area contributed by atoms with Crippen LogP contribution in [0.15, 0.2) is 48.5 Å². The molecule has 4 heteroatoms. The maximum absolute atomic E-state index is 13.1. The van der Waals surface area contributed by atoms with Crippen LogP contribution in [0.5, 0.6) is 0 Å². The molecule has 3 rings (SSSR count). The number of rotatable bonds is 2. The summed E-state index contributed by atoms with van der Waals surface area (Å²) in [5.74, 6) is 0. The van der Waals surface area contributed by atoms with Crippen molar-refractivity contribution in [3.05, 3.63) is 70.8 Å². The molecule has 24 heavy (non-hydrogen) atoms. The Morgan fingerprint density at radius 1 is 1.04 bits per heavy atom. The average molecular weight is 332 g/mol. The van der Waals surface area contributed by atoms with Crippen LogP contribution >= 0.6 is 0 Å². The van der Waals surface area contributed by atoms with E-state index in [9.17, 15) is 13.2 Å². The molecule has 1 aliphatic rings. The Hall–Kier alpha value is -2.07. The molecule has 0 fully saturated rings. The van der Waals surface area contributed by atoms with E-state index in [1.54, 1.807) is 6.07 Å². The number of hydrogen-bond donors (Lipinski definition) is 0. The van der Waals surface area contributed by atoms with E-state index in [-0.39, 0.29) is 0 Å². The highest BCUT2D eigenvalue weighted by atomic mass is 19.4. The predicted octanol–water partition coefficient (Wildman–Crippen LogP) is 5.43. The van der Waals surface area contributed by atoms with Crippen LogP contribution in [0.1, 0.15) is 29.2 Å². The predicted molar refractivity (Wildman–Crippen MR) is 92.6 cm³/mol. The van der Waals surface area contributed by atoms with Crippen molar-refractivity contribution in [1.29, 1.82) is 0 Å². The van der Waals surface area contributed by atoms with E-state index in [1.165, 1.54) is 28.9 Å². The summed E-state index contributed by atoms with van der Waals surface area (Å²) in [6, 6.07) is 11.9. The second-order valence-corrected chi connectivity index (χ2v) is 6.60. The van der Waals surface area contributed by atoms with Crippen LogP contribution in [-0.2, 0) is 19.0 Å². The minimum absolute atomic E-state index is 0.459. The molecule has 0 unspecified atom stereocenters. The third kappa shape index (κ3) is 2.75. The quantitative estimate of drug-likeness (QED) is 0.643. The van der Waals surface area contributed by atoms with Crippen LogP contribution in [0.4, 0.5) is 18.9 Å². The fourth-order valence-electron chi connectivity index (χ4n) is 3.66. The number of allylic oxidation sites excluding steroid dienone is 1. The highest BCUT2D eigenvalue weighted by molar-refractivity contribution is 5.80. The van der Waals surface area contributed by atoms with Crippen molar-refractivity contribution < 1.29 is 13.2 Å². The lowest BCUT2D eigenvalue weighted by Gasteiger charge is -2.37. The van der Waals surface area contributed by atoms with Crippen LogP contribution in [0.25, 0.3) is 5.70 Å². The molecule has 0 aliphatic carbocycles. The standard InChI is InChI=1S/C20H21F3N/c1-4-14-7-5-8-15-11-12-18(24(2,3)19(14)15)16-9-6-10-17(13-16)20(21,22)23/h5-10,12-13H,4,11H2,1-3H3/q+1. The summed E-state index contributed by atoms with van der Waals surface area (Å²) < 4.78 is 39.6. The normalized spacial score (nSPS) is 16.5. The monoisotopic (exact) mass is 332 g/mol. The molecule has 0 spiro atoms. The molecule has 1 nitrogen and oxygen atoms in total. The van der Waals surface area contributed by atoms with E-state index < -0.39 is 11.7 Å². The van der Waals surface area contributed by atoms with Crippen molar-refractivity contribution in [3.8, 4) is 0 Å². The lowest BCUT2D eigenvalue weighted by Crippen LogP contribution is -2.41. The van der Waals surface area contributed by atoms with E-state index in [4.69, 9.17) is 0 Å². The molecule has 1 aliphatic heterocycles. The number of alkyl halides is 3. The SMILES string of the molecule is CCc1cccc2c1[N+](C)(C)C(c1cccc(C(F)(F)F)c1)=CC2. The van der Waals surface area contributed by atoms with E-state index in [0.29, 0.717) is 10.0 Å². The highest BCUT2D eigenvalue weighted by Crippen LogP contribution is 2.41. The van der Waals surface area contributed by atoms with Crippen molar-refractivity contribution >= 4 is 11.4 Å². The van der Waals surface area contributed by atoms with E-state index in [2.05, 4.69) is 31.2 Å². The second kappa shape index (κ2) is 5.78. The third-order valence-electron chi connectivity index (χ3n) is 4.75. The molecule has 0 saturated carbocycles. The first-order valence-electron chi connectivity index (χ1n) is 8.09. The maximum atomic E-state index is 13.1. The smallest absolute Gasteiger partial charge is 0.263 e. The zero-order valence-electron chi connectivity index (χ0n) is 14.1. The Labute approximate surface area is 140 Å². The number of fused-ring (bicyclic) bond motifs is 1. The molecule has 1 heterocycles.